The smallest absolute Gasteiger partial charge is 0.233 e. The van der Waals surface area contributed by atoms with E-state index in [0.717, 1.165) is 24.7 Å². The van der Waals surface area contributed by atoms with Gasteiger partial charge in [0.2, 0.25) is 5.78 Å². The number of aryl methyl sites for hydroxylation is 1. The van der Waals surface area contributed by atoms with Gasteiger partial charge in [-0.2, -0.15) is 0 Å². The van der Waals surface area contributed by atoms with Crippen molar-refractivity contribution in [3.05, 3.63) is 48.6 Å². The van der Waals surface area contributed by atoms with Crippen molar-refractivity contribution in [1.29, 1.82) is 0 Å². The second-order valence-corrected chi connectivity index (χ2v) is 5.55. The number of rotatable bonds is 3. The van der Waals surface area contributed by atoms with Gasteiger partial charge in [-0.3, -0.25) is 9.30 Å². The molecule has 6 heteroatoms. The van der Waals surface area contributed by atoms with Crippen LogP contribution in [0.25, 0.3) is 5.78 Å². The van der Waals surface area contributed by atoms with Crippen molar-refractivity contribution in [3.8, 4) is 0 Å². The summed E-state index contributed by atoms with van der Waals surface area (Å²) in [5.41, 5.74) is 1.27. The van der Waals surface area contributed by atoms with E-state index in [9.17, 15) is 0 Å². The molecule has 4 heterocycles. The summed E-state index contributed by atoms with van der Waals surface area (Å²) in [7, 11) is 2.05. The molecule has 21 heavy (non-hydrogen) atoms. The summed E-state index contributed by atoms with van der Waals surface area (Å²) < 4.78 is 4.19. The SMILES string of the molecule is Cn1ccnc1CN1CCC[C@H]1c1ccnc2nccn12. The molecule has 0 N–H and O–H groups in total. The molecule has 1 fully saturated rings. The van der Waals surface area contributed by atoms with Crippen LogP contribution >= 0.6 is 0 Å². The number of likely N-dealkylation sites (tertiary alicyclic amines) is 1. The molecule has 0 unspecified atom stereocenters. The molecule has 1 atom stereocenters. The number of nitrogens with zero attached hydrogens (tertiary/aromatic N) is 6. The van der Waals surface area contributed by atoms with Crippen LogP contribution in [0.15, 0.2) is 37.1 Å². The molecular weight excluding hydrogens is 264 g/mol. The minimum Gasteiger partial charge on any atom is -0.337 e. The highest BCUT2D eigenvalue weighted by molar-refractivity contribution is 5.31. The molecule has 0 radical (unpaired) electrons. The minimum atomic E-state index is 0.404. The van der Waals surface area contributed by atoms with E-state index in [-0.39, 0.29) is 0 Å². The van der Waals surface area contributed by atoms with Gasteiger partial charge in [-0.1, -0.05) is 0 Å². The summed E-state index contributed by atoms with van der Waals surface area (Å²) in [6.07, 6.45) is 11.9. The quantitative estimate of drug-likeness (QED) is 0.735. The maximum atomic E-state index is 4.45. The Hall–Kier alpha value is -2.21. The van der Waals surface area contributed by atoms with Gasteiger partial charge in [0.15, 0.2) is 0 Å². The molecule has 0 aromatic carbocycles. The minimum absolute atomic E-state index is 0.404. The zero-order valence-corrected chi connectivity index (χ0v) is 12.1. The van der Waals surface area contributed by atoms with Crippen molar-refractivity contribution in [2.75, 3.05) is 6.54 Å². The first kappa shape index (κ1) is 12.5. The van der Waals surface area contributed by atoms with Crippen LogP contribution in [0.5, 0.6) is 0 Å². The zero-order chi connectivity index (χ0) is 14.2. The molecule has 3 aromatic heterocycles. The molecule has 0 saturated carbocycles. The molecule has 1 aliphatic rings. The van der Waals surface area contributed by atoms with E-state index in [4.69, 9.17) is 0 Å². The average molecular weight is 282 g/mol. The summed E-state index contributed by atoms with van der Waals surface area (Å²) >= 11 is 0. The van der Waals surface area contributed by atoms with Gasteiger partial charge < -0.3 is 4.57 Å². The predicted octanol–water partition coefficient (Wildman–Crippen LogP) is 1.80. The van der Waals surface area contributed by atoms with Crippen LogP contribution in [-0.2, 0) is 13.6 Å². The van der Waals surface area contributed by atoms with Gasteiger partial charge in [-0.15, -0.1) is 0 Å². The lowest BCUT2D eigenvalue weighted by Crippen LogP contribution is -2.25. The fourth-order valence-corrected chi connectivity index (χ4v) is 3.21. The monoisotopic (exact) mass is 282 g/mol. The third-order valence-electron chi connectivity index (χ3n) is 4.31. The molecule has 0 amide bonds. The number of hydrogen-bond acceptors (Lipinski definition) is 4. The largest absolute Gasteiger partial charge is 0.337 e. The topological polar surface area (TPSA) is 51.2 Å². The van der Waals surface area contributed by atoms with E-state index < -0.39 is 0 Å². The Morgan fingerprint density at radius 2 is 2.00 bits per heavy atom. The van der Waals surface area contributed by atoms with Crippen LogP contribution in [0, 0.1) is 0 Å². The van der Waals surface area contributed by atoms with Crippen molar-refractivity contribution in [2.45, 2.75) is 25.4 Å². The molecule has 4 rings (SSSR count). The second kappa shape index (κ2) is 4.96. The lowest BCUT2D eigenvalue weighted by Gasteiger charge is -2.24. The van der Waals surface area contributed by atoms with E-state index in [0.29, 0.717) is 6.04 Å². The van der Waals surface area contributed by atoms with Crippen molar-refractivity contribution in [1.82, 2.24) is 28.8 Å². The van der Waals surface area contributed by atoms with Gasteiger partial charge in [0.05, 0.1) is 12.6 Å². The van der Waals surface area contributed by atoms with Crippen LogP contribution in [-0.4, -0.2) is 35.4 Å². The van der Waals surface area contributed by atoms with Gasteiger partial charge >= 0.3 is 0 Å². The fraction of sp³-hybridized carbons (Fsp3) is 0.400. The van der Waals surface area contributed by atoms with Gasteiger partial charge in [0.1, 0.15) is 5.82 Å². The van der Waals surface area contributed by atoms with Crippen LogP contribution < -0.4 is 0 Å². The highest BCUT2D eigenvalue weighted by Gasteiger charge is 2.28. The first-order chi connectivity index (χ1) is 10.3. The number of fused-ring (bicyclic) bond motifs is 1. The summed E-state index contributed by atoms with van der Waals surface area (Å²) in [5, 5.41) is 0. The second-order valence-electron chi connectivity index (χ2n) is 5.55. The Kier molecular flexibility index (Phi) is 2.96. The normalized spacial score (nSPS) is 19.6. The summed E-state index contributed by atoms with van der Waals surface area (Å²) in [5.74, 6) is 1.88. The van der Waals surface area contributed by atoms with E-state index >= 15 is 0 Å². The lowest BCUT2D eigenvalue weighted by atomic mass is 10.1. The third-order valence-corrected chi connectivity index (χ3v) is 4.31. The highest BCUT2D eigenvalue weighted by Crippen LogP contribution is 2.32. The number of hydrogen-bond donors (Lipinski definition) is 0. The van der Waals surface area contributed by atoms with Crippen molar-refractivity contribution >= 4 is 5.78 Å². The third kappa shape index (κ3) is 2.12. The van der Waals surface area contributed by atoms with Crippen LogP contribution in [0.2, 0.25) is 0 Å². The molecule has 0 spiro atoms. The standard InChI is InChI=1S/C15H18N6/c1-19-9-6-16-14(19)11-20-8-2-3-12(20)13-4-5-17-15-18-7-10-21(13)15/h4-7,9-10,12H,2-3,8,11H2,1H3/t12-/m0/s1. The van der Waals surface area contributed by atoms with Crippen LogP contribution in [0.1, 0.15) is 30.4 Å². The maximum Gasteiger partial charge on any atom is 0.233 e. The number of aromatic nitrogens is 5. The highest BCUT2D eigenvalue weighted by atomic mass is 15.2. The first-order valence-electron chi connectivity index (χ1n) is 7.31. The lowest BCUT2D eigenvalue weighted by molar-refractivity contribution is 0.234. The van der Waals surface area contributed by atoms with Crippen LogP contribution in [0.4, 0.5) is 0 Å². The molecule has 3 aromatic rings. The van der Waals surface area contributed by atoms with E-state index in [2.05, 4.69) is 34.9 Å². The fourth-order valence-electron chi connectivity index (χ4n) is 3.21. The summed E-state index contributed by atoms with van der Waals surface area (Å²) in [4.78, 5) is 15.5. The van der Waals surface area contributed by atoms with Gasteiger partial charge in [-0.05, 0) is 25.5 Å². The maximum absolute atomic E-state index is 4.45. The zero-order valence-electron chi connectivity index (χ0n) is 12.1. The Morgan fingerprint density at radius 3 is 2.86 bits per heavy atom. The van der Waals surface area contributed by atoms with Crippen LogP contribution in [0.3, 0.4) is 0 Å². The first-order valence-corrected chi connectivity index (χ1v) is 7.31. The summed E-state index contributed by atoms with van der Waals surface area (Å²) in [6.45, 7) is 1.99. The molecule has 1 aliphatic heterocycles. The average Bonchev–Trinajstić information content (AvgIpc) is 3.21. The predicted molar refractivity (Wildman–Crippen MR) is 78.6 cm³/mol. The molecular formula is C15H18N6. The van der Waals surface area contributed by atoms with Gasteiger partial charge in [0.25, 0.3) is 0 Å². The van der Waals surface area contributed by atoms with Crippen molar-refractivity contribution in [2.24, 2.45) is 7.05 Å². The molecule has 1 saturated heterocycles. The van der Waals surface area contributed by atoms with E-state index in [1.165, 1.54) is 18.5 Å². The van der Waals surface area contributed by atoms with E-state index in [1.54, 1.807) is 0 Å². The number of imidazole rings is 2. The Labute approximate surface area is 123 Å². The molecule has 108 valence electrons. The van der Waals surface area contributed by atoms with Gasteiger partial charge in [0, 0.05) is 43.7 Å². The Balaban J connectivity index is 1.67. The Morgan fingerprint density at radius 1 is 1.14 bits per heavy atom. The Bertz CT molecular complexity index is 758. The van der Waals surface area contributed by atoms with Gasteiger partial charge in [-0.25, -0.2) is 15.0 Å². The van der Waals surface area contributed by atoms with E-state index in [1.807, 2.05) is 38.0 Å². The van der Waals surface area contributed by atoms with Crippen molar-refractivity contribution in [3.63, 3.8) is 0 Å². The van der Waals surface area contributed by atoms with Crippen molar-refractivity contribution < 1.29 is 0 Å². The molecule has 0 aliphatic carbocycles. The molecule has 6 nitrogen and oxygen atoms in total. The molecule has 0 bridgehead atoms. The summed E-state index contributed by atoms with van der Waals surface area (Å²) in [6, 6.07) is 2.51.